The molecule has 5 rings (SSSR count). The van der Waals surface area contributed by atoms with E-state index >= 15 is 0 Å². The van der Waals surface area contributed by atoms with Gasteiger partial charge in [-0.3, -0.25) is 5.01 Å². The molecule has 14 heteroatoms. The number of halogens is 8. The van der Waals surface area contributed by atoms with Crippen molar-refractivity contribution < 1.29 is 39.6 Å². The molecule has 1 aliphatic heterocycles. The summed E-state index contributed by atoms with van der Waals surface area (Å²) >= 11 is 0. The van der Waals surface area contributed by atoms with E-state index in [1.807, 2.05) is 0 Å². The number of nitrogens with zero attached hydrogens (tertiary/aromatic N) is 4. The van der Waals surface area contributed by atoms with E-state index in [1.165, 1.54) is 29.4 Å². The first-order valence-electron chi connectivity index (χ1n) is 11.3. The van der Waals surface area contributed by atoms with Gasteiger partial charge in [-0.2, -0.15) is 31.4 Å². The summed E-state index contributed by atoms with van der Waals surface area (Å²) in [6, 6.07) is 6.12. The summed E-state index contributed by atoms with van der Waals surface area (Å²) in [5, 5.41) is 9.50. The van der Waals surface area contributed by atoms with Crippen LogP contribution in [0.25, 0.3) is 22.6 Å². The van der Waals surface area contributed by atoms with Gasteiger partial charge in [0, 0.05) is 11.6 Å². The number of aromatic amines is 1. The Morgan fingerprint density at radius 3 is 2.36 bits per heavy atom. The summed E-state index contributed by atoms with van der Waals surface area (Å²) in [4.78, 5) is 7.22. The minimum Gasteiger partial charge on any atom is -0.358 e. The highest BCUT2D eigenvalue weighted by Gasteiger charge is 2.40. The van der Waals surface area contributed by atoms with Gasteiger partial charge in [-0.05, 0) is 38.1 Å². The first-order valence-corrected chi connectivity index (χ1v) is 11.3. The number of rotatable bonds is 4. The summed E-state index contributed by atoms with van der Waals surface area (Å²) in [6.45, 7) is 3.32. The molecule has 0 amide bonds. The molecule has 1 N–H and O–H groups in total. The van der Waals surface area contributed by atoms with Crippen LogP contribution < -0.4 is 0 Å². The van der Waals surface area contributed by atoms with Gasteiger partial charge in [-0.25, -0.2) is 13.8 Å². The second kappa shape index (κ2) is 8.92. The number of aromatic nitrogens is 3. The number of imidazole rings is 1. The van der Waals surface area contributed by atoms with Gasteiger partial charge in [0.1, 0.15) is 17.1 Å². The number of benzene rings is 2. The van der Waals surface area contributed by atoms with Crippen molar-refractivity contribution in [2.45, 2.75) is 38.3 Å². The number of hydrogen-bond acceptors (Lipinski definition) is 5. The number of hydrazone groups is 1. The highest BCUT2D eigenvalue weighted by molar-refractivity contribution is 5.81. The van der Waals surface area contributed by atoms with Gasteiger partial charge in [-0.1, -0.05) is 17.3 Å². The second-order valence-electron chi connectivity index (χ2n) is 9.24. The van der Waals surface area contributed by atoms with Crippen molar-refractivity contribution in [2.75, 3.05) is 0 Å². The Hall–Kier alpha value is -4.23. The van der Waals surface area contributed by atoms with Crippen molar-refractivity contribution in [1.82, 2.24) is 20.1 Å². The predicted octanol–water partition coefficient (Wildman–Crippen LogP) is 7.13. The van der Waals surface area contributed by atoms with Crippen molar-refractivity contribution in [1.29, 1.82) is 0 Å². The molecule has 0 saturated carbocycles. The smallest absolute Gasteiger partial charge is 0.358 e. The highest BCUT2D eigenvalue weighted by atomic mass is 19.4. The van der Waals surface area contributed by atoms with E-state index in [4.69, 9.17) is 4.52 Å². The van der Waals surface area contributed by atoms with Gasteiger partial charge in [0.15, 0.2) is 17.4 Å². The molecule has 6 nitrogen and oxygen atoms in total. The molecule has 0 atom stereocenters. The van der Waals surface area contributed by atoms with Crippen LogP contribution in [0, 0.1) is 11.6 Å². The molecule has 0 bridgehead atoms. The van der Waals surface area contributed by atoms with Gasteiger partial charge in [0.2, 0.25) is 0 Å². The van der Waals surface area contributed by atoms with E-state index < -0.39 is 46.2 Å². The van der Waals surface area contributed by atoms with E-state index in [1.54, 1.807) is 13.8 Å². The van der Waals surface area contributed by atoms with E-state index in [-0.39, 0.29) is 35.5 Å². The van der Waals surface area contributed by atoms with Crippen molar-refractivity contribution in [3.63, 3.8) is 0 Å². The van der Waals surface area contributed by atoms with Gasteiger partial charge in [-0.15, -0.1) is 0 Å². The molecule has 2 aromatic heterocycles. The zero-order valence-electron chi connectivity index (χ0n) is 20.0. The van der Waals surface area contributed by atoms with Crippen LogP contribution in [0.1, 0.15) is 42.1 Å². The van der Waals surface area contributed by atoms with Crippen LogP contribution in [0.5, 0.6) is 0 Å². The largest absolute Gasteiger partial charge is 0.417 e. The van der Waals surface area contributed by atoms with Gasteiger partial charge >= 0.3 is 12.4 Å². The molecule has 3 heterocycles. The van der Waals surface area contributed by atoms with E-state index in [9.17, 15) is 35.1 Å². The third-order valence-corrected chi connectivity index (χ3v) is 6.33. The van der Waals surface area contributed by atoms with Crippen molar-refractivity contribution in [3.05, 3.63) is 82.4 Å². The Balaban J connectivity index is 1.44. The normalized spacial score (nSPS) is 14.2. The van der Waals surface area contributed by atoms with Crippen molar-refractivity contribution >= 4 is 6.21 Å². The fraction of sp³-hybridized carbons (Fsp3) is 0.240. The molecule has 39 heavy (non-hydrogen) atoms. The third kappa shape index (κ3) is 4.74. The van der Waals surface area contributed by atoms with Crippen LogP contribution in [0.3, 0.4) is 0 Å². The van der Waals surface area contributed by atoms with Crippen LogP contribution >= 0.6 is 0 Å². The molecule has 2 aromatic carbocycles. The average molecular weight is 555 g/mol. The minimum atomic E-state index is -5.09. The fourth-order valence-electron chi connectivity index (χ4n) is 4.11. The first kappa shape index (κ1) is 26.4. The molecule has 4 aromatic rings. The van der Waals surface area contributed by atoms with Crippen LogP contribution in [0.2, 0.25) is 0 Å². The standard InChI is InChI=1S/C25H17F8N5O/c1-23(2,38-11-19-18(10-34-38)35-22(36-19)14-4-3-5-16(26)21(14)27)20-9-17(37-39-20)13-7-6-12(24(28,29)30)8-15(13)25(31,32)33/h3-10H,11H2,1-2H3,(H,35,36). The van der Waals surface area contributed by atoms with Crippen molar-refractivity contribution in [3.8, 4) is 22.6 Å². The molecule has 0 radical (unpaired) electrons. The lowest BCUT2D eigenvalue weighted by Gasteiger charge is -2.35. The summed E-state index contributed by atoms with van der Waals surface area (Å²) in [5.41, 5.74) is -4.18. The molecule has 0 saturated heterocycles. The summed E-state index contributed by atoms with van der Waals surface area (Å²) < 4.78 is 113. The number of alkyl halides is 6. The van der Waals surface area contributed by atoms with Crippen LogP contribution in [-0.2, 0) is 24.4 Å². The maximum atomic E-state index is 14.2. The van der Waals surface area contributed by atoms with Gasteiger partial charge < -0.3 is 9.51 Å². The van der Waals surface area contributed by atoms with E-state index in [2.05, 4.69) is 20.2 Å². The minimum absolute atomic E-state index is 0.0296. The quantitative estimate of drug-likeness (QED) is 0.272. The Morgan fingerprint density at radius 1 is 0.923 bits per heavy atom. The zero-order valence-corrected chi connectivity index (χ0v) is 20.0. The number of fused-ring (bicyclic) bond motifs is 1. The molecule has 1 aliphatic rings. The monoisotopic (exact) mass is 555 g/mol. The Bertz CT molecular complexity index is 1580. The Labute approximate surface area is 214 Å². The summed E-state index contributed by atoms with van der Waals surface area (Å²) in [5.74, 6) is -1.97. The lowest BCUT2D eigenvalue weighted by molar-refractivity contribution is -0.142. The van der Waals surface area contributed by atoms with Crippen LogP contribution in [0.15, 0.2) is 52.1 Å². The van der Waals surface area contributed by atoms with Crippen LogP contribution in [0.4, 0.5) is 35.1 Å². The Kier molecular flexibility index (Phi) is 6.03. The van der Waals surface area contributed by atoms with E-state index in [0.717, 1.165) is 6.07 Å². The highest BCUT2D eigenvalue weighted by Crippen LogP contribution is 2.42. The maximum Gasteiger partial charge on any atom is 0.417 e. The number of H-pyrrole nitrogens is 1. The summed E-state index contributed by atoms with van der Waals surface area (Å²) in [7, 11) is 0. The molecule has 0 aliphatic carbocycles. The maximum absolute atomic E-state index is 14.2. The van der Waals surface area contributed by atoms with Crippen molar-refractivity contribution in [2.24, 2.45) is 5.10 Å². The number of nitrogens with one attached hydrogen (secondary N) is 1. The van der Waals surface area contributed by atoms with E-state index in [0.29, 0.717) is 23.5 Å². The second-order valence-corrected chi connectivity index (χ2v) is 9.24. The third-order valence-electron chi connectivity index (χ3n) is 6.33. The van der Waals surface area contributed by atoms with Crippen LogP contribution in [-0.4, -0.2) is 26.3 Å². The molecule has 204 valence electrons. The molecular weight excluding hydrogens is 538 g/mol. The average Bonchev–Trinajstić information content (AvgIpc) is 3.52. The molecular formula is C25H17F8N5O. The lowest BCUT2D eigenvalue weighted by Crippen LogP contribution is -2.38. The predicted molar refractivity (Wildman–Crippen MR) is 122 cm³/mol. The first-order chi connectivity index (χ1) is 18.2. The topological polar surface area (TPSA) is 70.3 Å². The van der Waals surface area contributed by atoms with Gasteiger partial charge in [0.05, 0.1) is 40.8 Å². The lowest BCUT2D eigenvalue weighted by atomic mass is 9.96. The Morgan fingerprint density at radius 2 is 1.67 bits per heavy atom. The SMILES string of the molecule is CC(C)(c1cc(-c2ccc(C(F)(F)F)cc2C(F)(F)F)no1)N1Cc2nc(-c3cccc(F)c3F)[nH]c2C=N1. The fourth-order valence-corrected chi connectivity index (χ4v) is 4.11. The molecule has 0 unspecified atom stereocenters. The molecule has 0 fully saturated rings. The summed E-state index contributed by atoms with van der Waals surface area (Å²) in [6.07, 6.45) is -8.66. The zero-order chi connectivity index (χ0) is 28.3. The molecule has 0 spiro atoms. The number of hydrogen-bond donors (Lipinski definition) is 1. The van der Waals surface area contributed by atoms with Gasteiger partial charge in [0.25, 0.3) is 0 Å².